The Hall–Kier alpha value is -7.84. The summed E-state index contributed by atoms with van der Waals surface area (Å²) >= 11 is 0. The van der Waals surface area contributed by atoms with Crippen LogP contribution in [-0.4, -0.2) is 52.0 Å². The summed E-state index contributed by atoms with van der Waals surface area (Å²) in [6, 6.07) is 34.5. The van der Waals surface area contributed by atoms with Gasteiger partial charge >= 0.3 is 11.9 Å². The molecule has 16 nitrogen and oxygen atoms in total. The third kappa shape index (κ3) is 9.34. The molecule has 2 aliphatic rings. The number of sulfonamides is 2. The molecule has 0 spiro atoms. The molecule has 0 amide bonds. The van der Waals surface area contributed by atoms with E-state index < -0.39 is 47.0 Å². The van der Waals surface area contributed by atoms with Gasteiger partial charge in [0.2, 0.25) is 11.0 Å². The van der Waals surface area contributed by atoms with E-state index in [0.717, 1.165) is 0 Å². The lowest BCUT2D eigenvalue weighted by atomic mass is 9.93. The smallest absolute Gasteiger partial charge is 0.337 e. The first kappa shape index (κ1) is 45.7. The third-order valence-corrected chi connectivity index (χ3v) is 14.4. The van der Waals surface area contributed by atoms with Crippen LogP contribution in [0.4, 0.5) is 28.4 Å². The highest BCUT2D eigenvalue weighted by Gasteiger charge is 2.25. The van der Waals surface area contributed by atoms with E-state index in [9.17, 15) is 49.6 Å². The molecular weight excluding hydrogens is 921 g/mol. The fraction of sp³-hybridized carbons (Fsp3) is 0.0625. The summed E-state index contributed by atoms with van der Waals surface area (Å²) in [6.45, 7) is 5.10. The molecule has 0 bridgehead atoms. The topological polar surface area (TPSA) is 263 Å². The minimum atomic E-state index is -4.96. The standard InChI is InChI=1S/C48H38N4O12S3/c1-27-22-32(65(57,58)51-40-13-7-4-10-34(40)47(53)54)18-21-39(27)49-30-16-19-36-42(25-30)64-43-26-31(17-20-37(43)45(36)38-12-6-9-15-44(38)67(61,62)63)50-46-28(2)23-33(24-29(46)3)66(59,60)52-41-14-8-5-11-35(41)48(55)56/h4-26,49,51-52H,1-3H3,(H,53,54)(H,55,56)(H,61,62,63). The third-order valence-electron chi connectivity index (χ3n) is 10.8. The molecule has 19 heteroatoms. The average molecular weight is 959 g/mol. The van der Waals surface area contributed by atoms with E-state index in [1.807, 2.05) is 0 Å². The van der Waals surface area contributed by atoms with E-state index in [2.05, 4.69) is 19.8 Å². The molecule has 0 atom stereocenters. The summed E-state index contributed by atoms with van der Waals surface area (Å²) < 4.78 is 103. The van der Waals surface area contributed by atoms with Crippen molar-refractivity contribution in [2.45, 2.75) is 35.5 Å². The van der Waals surface area contributed by atoms with Crippen molar-refractivity contribution in [1.29, 1.82) is 0 Å². The highest BCUT2D eigenvalue weighted by Crippen LogP contribution is 2.43. The molecule has 1 heterocycles. The molecule has 1 aliphatic heterocycles. The molecule has 0 saturated heterocycles. The number of para-hydroxylation sites is 2. The maximum absolute atomic E-state index is 13.5. The molecule has 67 heavy (non-hydrogen) atoms. The van der Waals surface area contributed by atoms with E-state index in [-0.39, 0.29) is 49.2 Å². The minimum absolute atomic E-state index is 0.0906. The second-order valence-corrected chi connectivity index (χ2v) is 20.1. The van der Waals surface area contributed by atoms with Crippen LogP contribution in [0, 0.1) is 20.8 Å². The summed E-state index contributed by atoms with van der Waals surface area (Å²) in [4.78, 5) is 26.1. The number of hydrogen-bond donors (Lipinski definition) is 6. The zero-order valence-corrected chi connectivity index (χ0v) is 37.9. The average Bonchev–Trinajstić information content (AvgIpc) is 3.27. The number of anilines is 4. The van der Waals surface area contributed by atoms with E-state index >= 15 is 0 Å². The molecule has 0 radical (unpaired) electrons. The second-order valence-electron chi connectivity index (χ2n) is 15.4. The van der Waals surface area contributed by atoms with Crippen molar-refractivity contribution in [2.75, 3.05) is 14.8 Å². The Labute approximate surface area is 384 Å². The lowest BCUT2D eigenvalue weighted by Gasteiger charge is -2.19. The van der Waals surface area contributed by atoms with Crippen LogP contribution >= 0.6 is 0 Å². The number of carboxylic acids is 2. The molecule has 6 N–H and O–H groups in total. The van der Waals surface area contributed by atoms with Crippen LogP contribution < -0.4 is 25.1 Å². The first-order chi connectivity index (χ1) is 31.7. The van der Waals surface area contributed by atoms with E-state index in [0.29, 0.717) is 55.6 Å². The maximum atomic E-state index is 13.5. The Bertz CT molecular complexity index is 3720. The first-order valence-electron chi connectivity index (χ1n) is 20.1. The maximum Gasteiger partial charge on any atom is 0.337 e. The SMILES string of the molecule is Cc1cc(S(=O)(=O)Nc2ccccc2C(=O)O)ccc1Nc1ccc2c(-c3ccccc3S(=O)(=O)[O-])c3ccc(=[NH+]c4c(C)cc(S(=O)(=O)Nc5ccccc5C(=O)O)cc4C)cc-3oc2c1. The van der Waals surface area contributed by atoms with Gasteiger partial charge in [-0.05, 0) is 105 Å². The van der Waals surface area contributed by atoms with Crippen LogP contribution in [0.25, 0.3) is 33.4 Å². The van der Waals surface area contributed by atoms with Gasteiger partial charge in [-0.1, -0.05) is 42.5 Å². The number of hydrogen-bond acceptors (Lipinski definition) is 11. The van der Waals surface area contributed by atoms with Crippen LogP contribution in [0.1, 0.15) is 37.4 Å². The Morgan fingerprint density at radius 1 is 0.582 bits per heavy atom. The van der Waals surface area contributed by atoms with Crippen molar-refractivity contribution in [1.82, 2.24) is 0 Å². The number of aryl methyl sites for hydroxylation is 3. The molecule has 0 fully saturated rings. The first-order valence-corrected chi connectivity index (χ1v) is 24.4. The van der Waals surface area contributed by atoms with E-state index in [1.165, 1.54) is 91.0 Å². The predicted molar refractivity (Wildman–Crippen MR) is 249 cm³/mol. The van der Waals surface area contributed by atoms with Gasteiger partial charge in [0.05, 0.1) is 43.3 Å². The normalized spacial score (nSPS) is 12.3. The minimum Gasteiger partial charge on any atom is -0.744 e. The van der Waals surface area contributed by atoms with Crippen molar-refractivity contribution >= 4 is 81.5 Å². The van der Waals surface area contributed by atoms with Crippen molar-refractivity contribution in [3.8, 4) is 22.5 Å². The summed E-state index contributed by atoms with van der Waals surface area (Å²) in [5.74, 6) is -2.31. The lowest BCUT2D eigenvalue weighted by molar-refractivity contribution is -0.403. The Morgan fingerprint density at radius 3 is 1.75 bits per heavy atom. The fourth-order valence-corrected chi connectivity index (χ4v) is 10.8. The van der Waals surface area contributed by atoms with Crippen LogP contribution in [0.2, 0.25) is 0 Å². The fourth-order valence-electron chi connectivity index (χ4n) is 7.67. The number of carbonyl (C=O) groups is 2. The number of rotatable bonds is 13. The number of benzene rings is 7. The quantitative estimate of drug-likeness (QED) is 0.0499. The van der Waals surface area contributed by atoms with E-state index in [4.69, 9.17) is 4.42 Å². The summed E-state index contributed by atoms with van der Waals surface area (Å²) in [5, 5.41) is 23.3. The molecule has 6 aromatic carbocycles. The van der Waals surface area contributed by atoms with Gasteiger partial charge in [0.1, 0.15) is 21.5 Å². The van der Waals surface area contributed by atoms with Crippen LogP contribution in [0.5, 0.6) is 0 Å². The molecule has 6 aromatic rings. The molecule has 0 aromatic heterocycles. The summed E-state index contributed by atoms with van der Waals surface area (Å²) in [6.07, 6.45) is 0. The van der Waals surface area contributed by atoms with Gasteiger partial charge in [-0.15, -0.1) is 0 Å². The summed E-state index contributed by atoms with van der Waals surface area (Å²) in [7, 11) is -13.4. The Morgan fingerprint density at radius 2 is 1.15 bits per heavy atom. The molecule has 340 valence electrons. The van der Waals surface area contributed by atoms with Crippen LogP contribution in [0.3, 0.4) is 0 Å². The van der Waals surface area contributed by atoms with Crippen molar-refractivity contribution in [2.24, 2.45) is 0 Å². The van der Waals surface area contributed by atoms with Gasteiger partial charge < -0.3 is 24.5 Å². The highest BCUT2D eigenvalue weighted by atomic mass is 32.2. The highest BCUT2D eigenvalue weighted by molar-refractivity contribution is 7.93. The lowest BCUT2D eigenvalue weighted by Crippen LogP contribution is -2.71. The van der Waals surface area contributed by atoms with Gasteiger partial charge in [-0.25, -0.2) is 39.8 Å². The second kappa shape index (κ2) is 17.5. The van der Waals surface area contributed by atoms with Gasteiger partial charge in [0.15, 0.2) is 0 Å². The van der Waals surface area contributed by atoms with Crippen molar-refractivity contribution in [3.05, 3.63) is 173 Å². The van der Waals surface area contributed by atoms with Crippen molar-refractivity contribution in [3.63, 3.8) is 0 Å². The number of aromatic carboxylic acids is 2. The van der Waals surface area contributed by atoms with Crippen LogP contribution in [-0.2, 0) is 30.2 Å². The van der Waals surface area contributed by atoms with Gasteiger partial charge in [-0.2, -0.15) is 0 Å². The van der Waals surface area contributed by atoms with Gasteiger partial charge in [0, 0.05) is 56.7 Å². The zero-order valence-electron chi connectivity index (χ0n) is 35.5. The number of fused-ring (bicyclic) bond motifs is 2. The monoisotopic (exact) mass is 958 g/mol. The Balaban J connectivity index is 1.19. The van der Waals surface area contributed by atoms with Crippen LogP contribution in [0.15, 0.2) is 159 Å². The number of carboxylic acid groups (broad SMARTS) is 2. The Kier molecular flexibility index (Phi) is 12.0. The van der Waals surface area contributed by atoms with Gasteiger partial charge in [0.25, 0.3) is 20.0 Å². The molecule has 8 rings (SSSR count). The van der Waals surface area contributed by atoms with Gasteiger partial charge in [-0.3, -0.25) is 9.44 Å². The largest absolute Gasteiger partial charge is 0.744 e. The molecule has 1 aliphatic carbocycles. The summed E-state index contributed by atoms with van der Waals surface area (Å²) in [5.41, 5.74) is 3.83. The van der Waals surface area contributed by atoms with E-state index in [1.54, 1.807) is 69.3 Å². The molecule has 0 saturated carbocycles. The van der Waals surface area contributed by atoms with Crippen molar-refractivity contribution < 1.29 is 59.0 Å². The molecular formula is C48H38N4O12S3. The predicted octanol–water partition coefficient (Wildman–Crippen LogP) is 7.09. The zero-order chi connectivity index (χ0) is 48.0. The number of nitrogens with one attached hydrogen (secondary N) is 4. The molecule has 0 unspecified atom stereocenters.